The van der Waals surface area contributed by atoms with Crippen molar-refractivity contribution >= 4 is 0 Å². The topological polar surface area (TPSA) is 36.9 Å². The van der Waals surface area contributed by atoms with Crippen LogP contribution in [0.2, 0.25) is 0 Å². The van der Waals surface area contributed by atoms with Crippen LogP contribution in [0.25, 0.3) is 0 Å². The van der Waals surface area contributed by atoms with Gasteiger partial charge in [0.2, 0.25) is 0 Å². The Morgan fingerprint density at radius 3 is 1.41 bits per heavy atom. The Morgan fingerprint density at radius 1 is 0.591 bits per heavy atom. The zero-order valence-electron chi connectivity index (χ0n) is 15.3. The zero-order valence-corrected chi connectivity index (χ0v) is 15.3. The van der Waals surface area contributed by atoms with Crippen LogP contribution in [-0.4, -0.2) is 39.5 Å². The Labute approximate surface area is 137 Å². The molecule has 0 aromatic carbocycles. The van der Waals surface area contributed by atoms with Gasteiger partial charge in [-0.3, -0.25) is 0 Å². The largest absolute Gasteiger partial charge is 0.385 e. The fourth-order valence-corrected chi connectivity index (χ4v) is 2.65. The van der Waals surface area contributed by atoms with Crippen molar-refractivity contribution in [2.75, 3.05) is 33.5 Å². The molecule has 22 heavy (non-hydrogen) atoms. The molecule has 0 spiro atoms. The summed E-state index contributed by atoms with van der Waals surface area (Å²) in [7, 11) is 1.77. The SMILES string of the molecule is CCOC(CCCCCCCCCCOC)(OCC)OCC. The molecule has 0 aliphatic carbocycles. The Morgan fingerprint density at radius 2 is 1.00 bits per heavy atom. The van der Waals surface area contributed by atoms with Crippen LogP contribution in [0, 0.1) is 0 Å². The number of hydrogen-bond acceptors (Lipinski definition) is 4. The molecule has 0 unspecified atom stereocenters. The normalized spacial score (nSPS) is 12.0. The van der Waals surface area contributed by atoms with Crippen molar-refractivity contribution in [1.82, 2.24) is 0 Å². The molecule has 0 heterocycles. The summed E-state index contributed by atoms with van der Waals surface area (Å²) in [5, 5.41) is 0. The van der Waals surface area contributed by atoms with Crippen molar-refractivity contribution in [2.45, 2.75) is 84.5 Å². The van der Waals surface area contributed by atoms with E-state index in [1.807, 2.05) is 20.8 Å². The van der Waals surface area contributed by atoms with E-state index in [4.69, 9.17) is 18.9 Å². The third kappa shape index (κ3) is 11.4. The Hall–Kier alpha value is -0.160. The maximum atomic E-state index is 5.74. The average molecular weight is 318 g/mol. The lowest BCUT2D eigenvalue weighted by atomic mass is 10.1. The van der Waals surface area contributed by atoms with Crippen LogP contribution < -0.4 is 0 Å². The maximum Gasteiger partial charge on any atom is 0.282 e. The summed E-state index contributed by atoms with van der Waals surface area (Å²) in [6.45, 7) is 8.68. The Kier molecular flexibility index (Phi) is 15.6. The first kappa shape index (κ1) is 21.8. The number of rotatable bonds is 17. The summed E-state index contributed by atoms with van der Waals surface area (Å²) in [6, 6.07) is 0. The minimum atomic E-state index is -0.821. The highest BCUT2D eigenvalue weighted by molar-refractivity contribution is 4.59. The predicted molar refractivity (Wildman–Crippen MR) is 91.0 cm³/mol. The van der Waals surface area contributed by atoms with Gasteiger partial charge in [-0.1, -0.05) is 38.5 Å². The van der Waals surface area contributed by atoms with Crippen molar-refractivity contribution in [3.05, 3.63) is 0 Å². The summed E-state index contributed by atoms with van der Waals surface area (Å²) in [5.74, 6) is -0.821. The zero-order chi connectivity index (χ0) is 16.5. The molecular weight excluding hydrogens is 280 g/mol. The molecule has 134 valence electrons. The second-order valence-electron chi connectivity index (χ2n) is 5.55. The van der Waals surface area contributed by atoms with Crippen molar-refractivity contribution in [3.8, 4) is 0 Å². The first-order chi connectivity index (χ1) is 10.7. The summed E-state index contributed by atoms with van der Waals surface area (Å²) >= 11 is 0. The molecule has 0 saturated carbocycles. The lowest BCUT2D eigenvalue weighted by Gasteiger charge is -2.32. The van der Waals surface area contributed by atoms with E-state index in [2.05, 4.69) is 0 Å². The highest BCUT2D eigenvalue weighted by Crippen LogP contribution is 2.24. The van der Waals surface area contributed by atoms with Crippen LogP contribution in [0.3, 0.4) is 0 Å². The average Bonchev–Trinajstić information content (AvgIpc) is 2.50. The standard InChI is InChI=1S/C18H38O4/c1-5-20-18(21-6-2,22-7-3)16-14-12-10-8-9-11-13-15-17-19-4/h5-17H2,1-4H3. The van der Waals surface area contributed by atoms with Crippen LogP contribution in [0.15, 0.2) is 0 Å². The lowest BCUT2D eigenvalue weighted by Crippen LogP contribution is -2.39. The maximum absolute atomic E-state index is 5.74. The van der Waals surface area contributed by atoms with Gasteiger partial charge >= 0.3 is 0 Å². The van der Waals surface area contributed by atoms with Gasteiger partial charge in [0.1, 0.15) is 0 Å². The Bertz CT molecular complexity index is 204. The van der Waals surface area contributed by atoms with Crippen LogP contribution in [0.4, 0.5) is 0 Å². The molecule has 4 nitrogen and oxygen atoms in total. The molecule has 0 bridgehead atoms. The third-order valence-corrected chi connectivity index (χ3v) is 3.67. The molecule has 0 rings (SSSR count). The monoisotopic (exact) mass is 318 g/mol. The van der Waals surface area contributed by atoms with Gasteiger partial charge in [-0.05, 0) is 33.6 Å². The van der Waals surface area contributed by atoms with Gasteiger partial charge in [0.05, 0.1) is 0 Å². The van der Waals surface area contributed by atoms with Gasteiger partial charge in [-0.25, -0.2) is 0 Å². The van der Waals surface area contributed by atoms with Gasteiger partial charge in [0.15, 0.2) is 0 Å². The minimum absolute atomic E-state index is 0.613. The van der Waals surface area contributed by atoms with E-state index in [0.717, 1.165) is 19.4 Å². The van der Waals surface area contributed by atoms with Crippen molar-refractivity contribution in [1.29, 1.82) is 0 Å². The van der Waals surface area contributed by atoms with Gasteiger partial charge in [-0.15, -0.1) is 0 Å². The fraction of sp³-hybridized carbons (Fsp3) is 1.00. The van der Waals surface area contributed by atoms with E-state index in [-0.39, 0.29) is 0 Å². The predicted octanol–water partition coefficient (Wildman–Crippen LogP) is 4.91. The third-order valence-electron chi connectivity index (χ3n) is 3.67. The van der Waals surface area contributed by atoms with Gasteiger partial charge in [-0.2, -0.15) is 0 Å². The molecule has 0 atom stereocenters. The quantitative estimate of drug-likeness (QED) is 0.282. The number of hydrogen-bond donors (Lipinski definition) is 0. The van der Waals surface area contributed by atoms with Crippen molar-refractivity contribution in [2.24, 2.45) is 0 Å². The molecule has 4 heteroatoms. The van der Waals surface area contributed by atoms with Gasteiger partial charge in [0, 0.05) is 40.0 Å². The summed E-state index contributed by atoms with van der Waals surface area (Å²) in [6.07, 6.45) is 10.9. The molecule has 0 aromatic rings. The van der Waals surface area contributed by atoms with E-state index < -0.39 is 5.97 Å². The molecule has 0 saturated heterocycles. The van der Waals surface area contributed by atoms with E-state index in [9.17, 15) is 0 Å². The molecule has 0 amide bonds. The van der Waals surface area contributed by atoms with Crippen LogP contribution in [-0.2, 0) is 18.9 Å². The van der Waals surface area contributed by atoms with Crippen LogP contribution in [0.5, 0.6) is 0 Å². The second kappa shape index (κ2) is 15.7. The molecule has 0 N–H and O–H groups in total. The number of unbranched alkanes of at least 4 members (excludes halogenated alkanes) is 7. The highest BCUT2D eigenvalue weighted by Gasteiger charge is 2.31. The van der Waals surface area contributed by atoms with E-state index in [1.54, 1.807) is 7.11 Å². The van der Waals surface area contributed by atoms with Crippen molar-refractivity contribution < 1.29 is 18.9 Å². The van der Waals surface area contributed by atoms with Gasteiger partial charge < -0.3 is 18.9 Å². The fourth-order valence-electron chi connectivity index (χ4n) is 2.65. The van der Waals surface area contributed by atoms with Crippen molar-refractivity contribution in [3.63, 3.8) is 0 Å². The Balaban J connectivity index is 3.70. The molecular formula is C18H38O4. The lowest BCUT2D eigenvalue weighted by molar-refractivity contribution is -0.380. The van der Waals surface area contributed by atoms with Crippen LogP contribution >= 0.6 is 0 Å². The van der Waals surface area contributed by atoms with E-state index in [0.29, 0.717) is 19.8 Å². The summed E-state index contributed by atoms with van der Waals surface area (Å²) in [4.78, 5) is 0. The second-order valence-corrected chi connectivity index (χ2v) is 5.55. The number of methoxy groups -OCH3 is 1. The summed E-state index contributed by atoms with van der Waals surface area (Å²) < 4.78 is 22.3. The molecule has 0 aromatic heterocycles. The van der Waals surface area contributed by atoms with E-state index in [1.165, 1.54) is 44.9 Å². The first-order valence-corrected chi connectivity index (χ1v) is 9.15. The first-order valence-electron chi connectivity index (χ1n) is 9.15. The molecule has 0 radical (unpaired) electrons. The molecule has 0 aliphatic rings. The summed E-state index contributed by atoms with van der Waals surface area (Å²) in [5.41, 5.74) is 0. The number of ether oxygens (including phenoxy) is 4. The van der Waals surface area contributed by atoms with E-state index >= 15 is 0 Å². The molecule has 0 fully saturated rings. The molecule has 0 aliphatic heterocycles. The van der Waals surface area contributed by atoms with Gasteiger partial charge in [0.25, 0.3) is 5.97 Å². The smallest absolute Gasteiger partial charge is 0.282 e. The highest BCUT2D eigenvalue weighted by atomic mass is 16.9. The minimum Gasteiger partial charge on any atom is -0.385 e. The van der Waals surface area contributed by atoms with Crippen LogP contribution in [0.1, 0.15) is 78.6 Å².